The molecule has 1 amide bonds. The van der Waals surface area contributed by atoms with Crippen molar-refractivity contribution in [3.8, 4) is 11.8 Å². The minimum atomic E-state index is -0.207. The molecule has 0 aliphatic carbocycles. The van der Waals surface area contributed by atoms with Crippen molar-refractivity contribution in [2.45, 2.75) is 19.9 Å². The fourth-order valence-corrected chi connectivity index (χ4v) is 2.43. The standard InChI is InChI=1S/C14H19NO3S/c1-11(2)15(7-9-18-3)14(17)13-12(5-4-8-16)6-10-19-13/h6,10-11,16H,7-9H2,1-3H3. The quantitative estimate of drug-likeness (QED) is 0.834. The van der Waals surface area contributed by atoms with Crippen LogP contribution in [-0.2, 0) is 4.74 Å². The minimum absolute atomic E-state index is 0.0377. The number of nitrogens with zero attached hydrogens (tertiary/aromatic N) is 1. The zero-order valence-corrected chi connectivity index (χ0v) is 12.3. The van der Waals surface area contributed by atoms with E-state index in [9.17, 15) is 4.79 Å². The van der Waals surface area contributed by atoms with Crippen molar-refractivity contribution in [3.63, 3.8) is 0 Å². The Balaban J connectivity index is 2.93. The molecule has 0 bridgehead atoms. The molecule has 0 aliphatic heterocycles. The van der Waals surface area contributed by atoms with E-state index in [4.69, 9.17) is 9.84 Å². The number of aliphatic hydroxyl groups excluding tert-OH is 1. The van der Waals surface area contributed by atoms with Gasteiger partial charge in [0.05, 0.1) is 6.61 Å². The maximum absolute atomic E-state index is 12.5. The van der Waals surface area contributed by atoms with Gasteiger partial charge in [-0.25, -0.2) is 0 Å². The molecule has 1 aromatic heterocycles. The van der Waals surface area contributed by atoms with Gasteiger partial charge in [-0.2, -0.15) is 0 Å². The molecule has 0 aromatic carbocycles. The SMILES string of the molecule is COCCN(C(=O)c1sccc1C#CCO)C(C)C. The van der Waals surface area contributed by atoms with Gasteiger partial charge in [0.15, 0.2) is 0 Å². The smallest absolute Gasteiger partial charge is 0.265 e. The average Bonchev–Trinajstić information content (AvgIpc) is 2.84. The molecule has 1 heterocycles. The normalized spacial score (nSPS) is 10.2. The highest BCUT2D eigenvalue weighted by Gasteiger charge is 2.21. The number of hydrogen-bond donors (Lipinski definition) is 1. The monoisotopic (exact) mass is 281 g/mol. The zero-order valence-electron chi connectivity index (χ0n) is 11.5. The summed E-state index contributed by atoms with van der Waals surface area (Å²) in [5.74, 6) is 5.34. The summed E-state index contributed by atoms with van der Waals surface area (Å²) in [6, 6.07) is 1.90. The van der Waals surface area contributed by atoms with Crippen molar-refractivity contribution in [1.82, 2.24) is 4.90 Å². The number of amides is 1. The summed E-state index contributed by atoms with van der Waals surface area (Å²) < 4.78 is 5.03. The summed E-state index contributed by atoms with van der Waals surface area (Å²) in [7, 11) is 1.62. The third-order valence-corrected chi connectivity index (χ3v) is 3.48. The predicted molar refractivity (Wildman–Crippen MR) is 76.3 cm³/mol. The van der Waals surface area contributed by atoms with E-state index < -0.39 is 0 Å². The van der Waals surface area contributed by atoms with Gasteiger partial charge in [0.25, 0.3) is 5.91 Å². The lowest BCUT2D eigenvalue weighted by Gasteiger charge is -2.26. The molecule has 104 valence electrons. The molecule has 5 heteroatoms. The van der Waals surface area contributed by atoms with Crippen LogP contribution < -0.4 is 0 Å². The first-order valence-electron chi connectivity index (χ1n) is 6.09. The highest BCUT2D eigenvalue weighted by atomic mass is 32.1. The van der Waals surface area contributed by atoms with Crippen LogP contribution in [0.2, 0.25) is 0 Å². The maximum Gasteiger partial charge on any atom is 0.265 e. The largest absolute Gasteiger partial charge is 0.384 e. The molecule has 0 unspecified atom stereocenters. The van der Waals surface area contributed by atoms with E-state index in [1.807, 2.05) is 19.2 Å². The maximum atomic E-state index is 12.5. The predicted octanol–water partition coefficient (Wildman–Crippen LogP) is 1.59. The lowest BCUT2D eigenvalue weighted by Crippen LogP contribution is -2.39. The lowest BCUT2D eigenvalue weighted by molar-refractivity contribution is 0.0639. The van der Waals surface area contributed by atoms with Gasteiger partial charge in [0, 0.05) is 25.3 Å². The fourth-order valence-electron chi connectivity index (χ4n) is 1.62. The van der Waals surface area contributed by atoms with Crippen molar-refractivity contribution in [1.29, 1.82) is 0 Å². The molecule has 0 saturated carbocycles. The van der Waals surface area contributed by atoms with Crippen LogP contribution >= 0.6 is 11.3 Å². The molecule has 19 heavy (non-hydrogen) atoms. The van der Waals surface area contributed by atoms with Gasteiger partial charge in [-0.15, -0.1) is 11.3 Å². The van der Waals surface area contributed by atoms with Gasteiger partial charge in [0.1, 0.15) is 11.5 Å². The summed E-state index contributed by atoms with van der Waals surface area (Å²) >= 11 is 1.37. The first-order valence-corrected chi connectivity index (χ1v) is 6.97. The molecule has 1 N–H and O–H groups in total. The molecule has 4 nitrogen and oxygen atoms in total. The Hall–Kier alpha value is -1.35. The second-order valence-corrected chi connectivity index (χ2v) is 5.12. The van der Waals surface area contributed by atoms with Crippen LogP contribution in [-0.4, -0.2) is 48.8 Å². The number of carbonyl (C=O) groups excluding carboxylic acids is 1. The molecule has 0 fully saturated rings. The van der Waals surface area contributed by atoms with Crippen LogP contribution in [0.1, 0.15) is 29.1 Å². The Morgan fingerprint density at radius 3 is 2.89 bits per heavy atom. The number of carbonyl (C=O) groups is 1. The van der Waals surface area contributed by atoms with Crippen LogP contribution in [0.3, 0.4) is 0 Å². The second kappa shape index (κ2) is 7.95. The molecule has 0 spiro atoms. The molecular weight excluding hydrogens is 262 g/mol. The molecule has 1 aromatic rings. The summed E-state index contributed by atoms with van der Waals surface area (Å²) in [4.78, 5) is 14.9. The number of aliphatic hydroxyl groups is 1. The Labute approximate surface area is 118 Å². The third-order valence-electron chi connectivity index (χ3n) is 2.58. The first kappa shape index (κ1) is 15.7. The van der Waals surface area contributed by atoms with Gasteiger partial charge >= 0.3 is 0 Å². The van der Waals surface area contributed by atoms with Crippen molar-refractivity contribution >= 4 is 17.2 Å². The molecular formula is C14H19NO3S. The summed E-state index contributed by atoms with van der Waals surface area (Å²) in [5, 5.41) is 10.6. The number of thiophene rings is 1. The van der Waals surface area contributed by atoms with Crippen molar-refractivity contribution < 1.29 is 14.6 Å². The third kappa shape index (κ3) is 4.35. The van der Waals surface area contributed by atoms with Crippen LogP contribution in [0.15, 0.2) is 11.4 Å². The second-order valence-electron chi connectivity index (χ2n) is 4.21. The van der Waals surface area contributed by atoms with E-state index in [1.54, 1.807) is 18.1 Å². The average molecular weight is 281 g/mol. The lowest BCUT2D eigenvalue weighted by atomic mass is 10.2. The molecule has 0 saturated heterocycles. The number of rotatable bonds is 5. The van der Waals surface area contributed by atoms with Crippen LogP contribution in [0.4, 0.5) is 0 Å². The topological polar surface area (TPSA) is 49.8 Å². The van der Waals surface area contributed by atoms with Gasteiger partial charge in [-0.3, -0.25) is 4.79 Å². The molecule has 0 atom stereocenters. The number of ether oxygens (including phenoxy) is 1. The summed E-state index contributed by atoms with van der Waals surface area (Å²) in [6.45, 7) is 4.80. The van der Waals surface area contributed by atoms with E-state index in [2.05, 4.69) is 11.8 Å². The Morgan fingerprint density at radius 2 is 2.32 bits per heavy atom. The first-order chi connectivity index (χ1) is 9.11. The van der Waals surface area contributed by atoms with Gasteiger partial charge < -0.3 is 14.7 Å². The van der Waals surface area contributed by atoms with E-state index in [0.29, 0.717) is 23.6 Å². The highest BCUT2D eigenvalue weighted by Crippen LogP contribution is 2.19. The molecule has 1 rings (SSSR count). The van der Waals surface area contributed by atoms with Gasteiger partial charge in [-0.1, -0.05) is 11.8 Å². The Bertz CT molecular complexity index is 471. The van der Waals surface area contributed by atoms with Crippen molar-refractivity contribution in [2.75, 3.05) is 26.9 Å². The Morgan fingerprint density at radius 1 is 1.58 bits per heavy atom. The van der Waals surface area contributed by atoms with Crippen LogP contribution in [0.5, 0.6) is 0 Å². The van der Waals surface area contributed by atoms with Gasteiger partial charge in [0.2, 0.25) is 0 Å². The minimum Gasteiger partial charge on any atom is -0.384 e. The van der Waals surface area contributed by atoms with E-state index >= 15 is 0 Å². The highest BCUT2D eigenvalue weighted by molar-refractivity contribution is 7.12. The Kier molecular flexibility index (Phi) is 6.57. The fraction of sp³-hybridized carbons (Fsp3) is 0.500. The summed E-state index contributed by atoms with van der Waals surface area (Å²) in [6.07, 6.45) is 0. The van der Waals surface area contributed by atoms with Crippen molar-refractivity contribution in [2.24, 2.45) is 0 Å². The van der Waals surface area contributed by atoms with Crippen LogP contribution in [0, 0.1) is 11.8 Å². The number of methoxy groups -OCH3 is 1. The van der Waals surface area contributed by atoms with E-state index in [1.165, 1.54) is 11.3 Å². The molecule has 0 radical (unpaired) electrons. The van der Waals surface area contributed by atoms with E-state index in [-0.39, 0.29) is 18.6 Å². The van der Waals surface area contributed by atoms with E-state index in [0.717, 1.165) is 0 Å². The number of hydrogen-bond acceptors (Lipinski definition) is 4. The summed E-state index contributed by atoms with van der Waals surface area (Å²) in [5.41, 5.74) is 0.673. The van der Waals surface area contributed by atoms with Crippen LogP contribution in [0.25, 0.3) is 0 Å². The van der Waals surface area contributed by atoms with Crippen molar-refractivity contribution in [3.05, 3.63) is 21.9 Å². The van der Waals surface area contributed by atoms with Gasteiger partial charge in [-0.05, 0) is 25.3 Å². The molecule has 0 aliphatic rings. The zero-order chi connectivity index (χ0) is 14.3.